The lowest BCUT2D eigenvalue weighted by molar-refractivity contribution is -0.135. The fraction of sp³-hybridized carbons (Fsp3) is 0.593. The molecule has 6 atom stereocenters. The molecule has 2 aliphatic rings. The number of benzene rings is 1. The molecular weight excluding hydrogens is 526 g/mol. The molecule has 9 nitrogen and oxygen atoms in total. The highest BCUT2D eigenvalue weighted by atomic mass is 32.2. The molecule has 1 saturated carbocycles. The molecule has 0 spiro atoms. The number of fused-ring (bicyclic) bond motifs is 2. The van der Waals surface area contributed by atoms with Gasteiger partial charge in [-0.2, -0.15) is 0 Å². The Balaban J connectivity index is 1.47. The number of sulfone groups is 1. The highest BCUT2D eigenvalue weighted by molar-refractivity contribution is 7.92. The first kappa shape index (κ1) is 28.7. The van der Waals surface area contributed by atoms with Crippen molar-refractivity contribution >= 4 is 38.1 Å². The minimum Gasteiger partial charge on any atom is -0.392 e. The van der Waals surface area contributed by atoms with Gasteiger partial charge in [0.1, 0.15) is 5.75 Å². The molecule has 0 aliphatic heterocycles. The van der Waals surface area contributed by atoms with Crippen LogP contribution in [0.4, 0.5) is 5.13 Å². The summed E-state index contributed by atoms with van der Waals surface area (Å²) in [5, 5.41) is 17.5. The summed E-state index contributed by atoms with van der Waals surface area (Å²) >= 11 is 1.37. The topological polar surface area (TPSA) is 135 Å². The van der Waals surface area contributed by atoms with Crippen molar-refractivity contribution < 1.29 is 27.9 Å². The second-order valence-electron chi connectivity index (χ2n) is 10.9. The zero-order valence-corrected chi connectivity index (χ0v) is 23.9. The number of amides is 2. The van der Waals surface area contributed by atoms with Crippen molar-refractivity contribution in [3.8, 4) is 0 Å². The van der Waals surface area contributed by atoms with E-state index >= 15 is 0 Å². The molecule has 208 valence electrons. The third-order valence-electron chi connectivity index (χ3n) is 8.25. The first-order chi connectivity index (χ1) is 18.0. The largest absolute Gasteiger partial charge is 0.392 e. The molecule has 0 saturated heterocycles. The number of hydrogen-bond donors (Lipinski definition) is 3. The number of nitrogens with one attached hydrogen (secondary N) is 2. The monoisotopic (exact) mass is 563 g/mol. The van der Waals surface area contributed by atoms with Crippen LogP contribution < -0.4 is 10.6 Å². The van der Waals surface area contributed by atoms with Gasteiger partial charge in [-0.1, -0.05) is 39.0 Å². The Morgan fingerprint density at radius 1 is 1.29 bits per heavy atom. The van der Waals surface area contributed by atoms with Gasteiger partial charge in [0.2, 0.25) is 11.8 Å². The van der Waals surface area contributed by atoms with Gasteiger partial charge >= 0.3 is 0 Å². The molecule has 2 aromatic rings. The van der Waals surface area contributed by atoms with Crippen LogP contribution >= 0.6 is 11.3 Å². The van der Waals surface area contributed by atoms with E-state index in [-0.39, 0.29) is 39.9 Å². The second-order valence-corrected chi connectivity index (χ2v) is 13.9. The SMILES string of the molecule is COCCNC(=O)C(C)C1CCC2(C)Cc3sc(NC(=O)CS(=O)(=O)c4ccccc4)nc3C(C)C2C1O. The van der Waals surface area contributed by atoms with Gasteiger partial charge in [-0.3, -0.25) is 9.59 Å². The summed E-state index contributed by atoms with van der Waals surface area (Å²) in [5.74, 6) is -2.06. The minimum atomic E-state index is -3.76. The van der Waals surface area contributed by atoms with E-state index in [2.05, 4.69) is 22.5 Å². The van der Waals surface area contributed by atoms with Crippen LogP contribution in [0.5, 0.6) is 0 Å². The van der Waals surface area contributed by atoms with E-state index in [9.17, 15) is 23.1 Å². The van der Waals surface area contributed by atoms with Crippen molar-refractivity contribution in [2.45, 2.75) is 57.0 Å². The molecule has 38 heavy (non-hydrogen) atoms. The van der Waals surface area contributed by atoms with E-state index in [4.69, 9.17) is 4.74 Å². The lowest BCUT2D eigenvalue weighted by atomic mass is 9.53. The summed E-state index contributed by atoms with van der Waals surface area (Å²) in [6, 6.07) is 7.90. The van der Waals surface area contributed by atoms with Crippen molar-refractivity contribution in [3.05, 3.63) is 40.9 Å². The maximum absolute atomic E-state index is 12.7. The zero-order valence-electron chi connectivity index (χ0n) is 22.3. The Morgan fingerprint density at radius 2 is 2.00 bits per heavy atom. The number of methoxy groups -OCH3 is 1. The second kappa shape index (κ2) is 11.4. The number of aromatic nitrogens is 1. The third kappa shape index (κ3) is 5.80. The first-order valence-electron chi connectivity index (χ1n) is 13.0. The number of ether oxygens (including phenoxy) is 1. The summed E-state index contributed by atoms with van der Waals surface area (Å²) < 4.78 is 30.2. The molecule has 3 N–H and O–H groups in total. The van der Waals surface area contributed by atoms with E-state index in [1.165, 1.54) is 23.5 Å². The molecule has 6 unspecified atom stereocenters. The maximum atomic E-state index is 12.7. The number of carbonyl (C=O) groups excluding carboxylic acids is 2. The number of aliphatic hydroxyl groups is 1. The van der Waals surface area contributed by atoms with Crippen molar-refractivity contribution in [2.24, 2.45) is 23.2 Å². The van der Waals surface area contributed by atoms with Gasteiger partial charge in [0.25, 0.3) is 0 Å². The van der Waals surface area contributed by atoms with Gasteiger partial charge in [-0.25, -0.2) is 13.4 Å². The number of aliphatic hydroxyl groups excluding tert-OH is 1. The molecule has 0 radical (unpaired) electrons. The van der Waals surface area contributed by atoms with Crippen LogP contribution in [0.25, 0.3) is 0 Å². The van der Waals surface area contributed by atoms with Gasteiger partial charge in [0, 0.05) is 30.4 Å². The first-order valence-corrected chi connectivity index (χ1v) is 15.5. The summed E-state index contributed by atoms with van der Waals surface area (Å²) in [6.07, 6.45) is 1.66. The Hall–Kier alpha value is -2.34. The molecule has 11 heteroatoms. The van der Waals surface area contributed by atoms with E-state index in [0.29, 0.717) is 24.7 Å². The van der Waals surface area contributed by atoms with Crippen LogP contribution in [0.3, 0.4) is 0 Å². The molecule has 1 aromatic carbocycles. The van der Waals surface area contributed by atoms with Crippen LogP contribution in [-0.4, -0.2) is 62.4 Å². The third-order valence-corrected chi connectivity index (χ3v) is 10.9. The minimum absolute atomic E-state index is 0.0806. The quantitative estimate of drug-likeness (QED) is 0.399. The fourth-order valence-corrected chi connectivity index (χ4v) is 8.71. The lowest BCUT2D eigenvalue weighted by Crippen LogP contribution is -2.53. The van der Waals surface area contributed by atoms with E-state index in [0.717, 1.165) is 23.4 Å². The van der Waals surface area contributed by atoms with Crippen molar-refractivity contribution in [1.82, 2.24) is 10.3 Å². The number of hydrogen-bond acceptors (Lipinski definition) is 8. The predicted molar refractivity (Wildman–Crippen MR) is 146 cm³/mol. The Labute approximate surface area is 228 Å². The number of carbonyl (C=O) groups is 2. The Kier molecular flexibility index (Phi) is 8.61. The average Bonchev–Trinajstić information content (AvgIpc) is 3.25. The van der Waals surface area contributed by atoms with Gasteiger partial charge in [0.05, 0.1) is 23.3 Å². The van der Waals surface area contributed by atoms with Gasteiger partial charge in [-0.05, 0) is 48.6 Å². The molecule has 1 aromatic heterocycles. The van der Waals surface area contributed by atoms with E-state index in [1.807, 2.05) is 13.8 Å². The lowest BCUT2D eigenvalue weighted by Gasteiger charge is -2.53. The summed E-state index contributed by atoms with van der Waals surface area (Å²) in [4.78, 5) is 31.2. The zero-order chi connectivity index (χ0) is 27.7. The van der Waals surface area contributed by atoms with Gasteiger partial charge < -0.3 is 20.5 Å². The summed E-state index contributed by atoms with van der Waals surface area (Å²) in [5.41, 5.74) is 0.662. The normalized spacial score (nSPS) is 27.6. The molecule has 1 fully saturated rings. The fourth-order valence-electron chi connectivity index (χ4n) is 6.27. The molecule has 2 amide bonds. The highest BCUT2D eigenvalue weighted by Crippen LogP contribution is 2.57. The van der Waals surface area contributed by atoms with Crippen LogP contribution in [0.2, 0.25) is 0 Å². The van der Waals surface area contributed by atoms with Crippen LogP contribution in [0.15, 0.2) is 35.2 Å². The molecule has 2 aliphatic carbocycles. The number of anilines is 1. The van der Waals surface area contributed by atoms with E-state index < -0.39 is 27.6 Å². The van der Waals surface area contributed by atoms with Gasteiger partial charge in [-0.15, -0.1) is 11.3 Å². The van der Waals surface area contributed by atoms with Crippen molar-refractivity contribution in [3.63, 3.8) is 0 Å². The van der Waals surface area contributed by atoms with Crippen LogP contribution in [-0.2, 0) is 30.6 Å². The van der Waals surface area contributed by atoms with Crippen LogP contribution in [0, 0.1) is 23.2 Å². The molecule has 4 rings (SSSR count). The number of nitrogens with zero attached hydrogens (tertiary/aromatic N) is 1. The summed E-state index contributed by atoms with van der Waals surface area (Å²) in [7, 11) is -2.18. The highest BCUT2D eigenvalue weighted by Gasteiger charge is 2.53. The van der Waals surface area contributed by atoms with E-state index in [1.54, 1.807) is 25.3 Å². The predicted octanol–water partition coefficient (Wildman–Crippen LogP) is 3.01. The Morgan fingerprint density at radius 3 is 2.68 bits per heavy atom. The Bertz CT molecular complexity index is 1260. The smallest absolute Gasteiger partial charge is 0.241 e. The molecule has 0 bridgehead atoms. The molecular formula is C27H37N3O6S2. The van der Waals surface area contributed by atoms with Crippen molar-refractivity contribution in [1.29, 1.82) is 0 Å². The van der Waals surface area contributed by atoms with Crippen LogP contribution in [0.1, 0.15) is 50.1 Å². The van der Waals surface area contributed by atoms with Gasteiger partial charge in [0.15, 0.2) is 15.0 Å². The maximum Gasteiger partial charge on any atom is 0.241 e. The summed E-state index contributed by atoms with van der Waals surface area (Å²) in [6.45, 7) is 6.97. The number of thiazole rings is 1. The average molecular weight is 564 g/mol. The molecule has 1 heterocycles. The standard InChI is InChI=1S/C27H37N3O6S2/c1-16(25(33)28-12-13-36-4)19-10-11-27(3)14-20-23(17(2)22(27)24(19)32)30-26(37-20)29-21(31)15-38(34,35)18-8-6-5-7-9-18/h5-9,16-17,19,22,24,32H,10-15H2,1-4H3,(H,28,33)(H,29,30,31). The number of rotatable bonds is 9. The van der Waals surface area contributed by atoms with Crippen molar-refractivity contribution in [2.75, 3.05) is 31.3 Å².